The second kappa shape index (κ2) is 11.5. The van der Waals surface area contributed by atoms with Gasteiger partial charge in [0.2, 0.25) is 5.82 Å². The summed E-state index contributed by atoms with van der Waals surface area (Å²) in [6.07, 6.45) is 16.9. The van der Waals surface area contributed by atoms with Crippen molar-refractivity contribution in [2.24, 2.45) is 11.8 Å². The van der Waals surface area contributed by atoms with E-state index in [1.54, 1.807) is 6.07 Å². The van der Waals surface area contributed by atoms with Crippen LogP contribution < -0.4 is 4.74 Å². The zero-order valence-electron chi connectivity index (χ0n) is 20.6. The van der Waals surface area contributed by atoms with E-state index in [-0.39, 0.29) is 16.9 Å². The predicted molar refractivity (Wildman–Crippen MR) is 133 cm³/mol. The van der Waals surface area contributed by atoms with E-state index in [0.717, 1.165) is 35.8 Å². The summed E-state index contributed by atoms with van der Waals surface area (Å²) in [7, 11) is 1.28. The van der Waals surface area contributed by atoms with Crippen molar-refractivity contribution in [3.63, 3.8) is 0 Å². The molecule has 1 fully saturated rings. The fourth-order valence-corrected chi connectivity index (χ4v) is 5.76. The number of ether oxygens (including phenoxy) is 1. The minimum Gasteiger partial charge on any atom is -0.494 e. The highest BCUT2D eigenvalue weighted by atomic mass is 19.2. The van der Waals surface area contributed by atoms with Gasteiger partial charge in [-0.2, -0.15) is 4.39 Å². The molecule has 0 heterocycles. The molecule has 184 valence electrons. The van der Waals surface area contributed by atoms with Crippen molar-refractivity contribution >= 4 is 0 Å². The number of benzene rings is 2. The molecule has 0 atom stereocenters. The zero-order chi connectivity index (χ0) is 24.1. The van der Waals surface area contributed by atoms with E-state index in [2.05, 4.69) is 13.0 Å². The smallest absolute Gasteiger partial charge is 0.201 e. The number of fused-ring (bicyclic) bond motifs is 1. The standard InChI is InChI=1S/C30H37F3O/c1-3-4-5-6-20-7-9-21(10-8-20)11-12-22-13-14-23-18-26(27(31)19-24(23)17-22)25-15-16-28(34-2)30(33)29(25)32/h13,15-16,18-21H,3-12,14,17H2,1-2H3. The molecule has 0 aliphatic heterocycles. The average Bonchev–Trinajstić information content (AvgIpc) is 2.85. The van der Waals surface area contributed by atoms with E-state index >= 15 is 0 Å². The SMILES string of the molecule is CCCCCC1CCC(CCC2=CCc3cc(-c4ccc(OC)c(F)c4F)c(F)cc3C2)CC1. The highest BCUT2D eigenvalue weighted by Crippen LogP contribution is 2.37. The summed E-state index contributed by atoms with van der Waals surface area (Å²) in [4.78, 5) is 0. The third-order valence-corrected chi connectivity index (χ3v) is 7.93. The monoisotopic (exact) mass is 470 g/mol. The largest absolute Gasteiger partial charge is 0.494 e. The normalized spacial score (nSPS) is 20.1. The quantitative estimate of drug-likeness (QED) is 0.262. The molecule has 0 spiro atoms. The Kier molecular flexibility index (Phi) is 8.39. The van der Waals surface area contributed by atoms with Crippen LogP contribution in [0.5, 0.6) is 5.75 Å². The predicted octanol–water partition coefficient (Wildman–Crippen LogP) is 8.97. The average molecular weight is 471 g/mol. The molecule has 1 nitrogen and oxygen atoms in total. The van der Waals surface area contributed by atoms with E-state index in [0.29, 0.717) is 6.42 Å². The van der Waals surface area contributed by atoms with Crippen LogP contribution in [0.2, 0.25) is 0 Å². The topological polar surface area (TPSA) is 9.23 Å². The minimum atomic E-state index is -1.09. The number of hydrogen-bond donors (Lipinski definition) is 0. The summed E-state index contributed by atoms with van der Waals surface area (Å²) in [6.45, 7) is 2.27. The lowest BCUT2D eigenvalue weighted by molar-refractivity contribution is 0.249. The number of methoxy groups -OCH3 is 1. The van der Waals surface area contributed by atoms with Gasteiger partial charge in [-0.05, 0) is 72.9 Å². The van der Waals surface area contributed by atoms with Crippen molar-refractivity contribution in [1.29, 1.82) is 0 Å². The molecule has 0 saturated heterocycles. The van der Waals surface area contributed by atoms with Crippen LogP contribution in [-0.2, 0) is 12.8 Å². The van der Waals surface area contributed by atoms with Crippen molar-refractivity contribution in [3.8, 4) is 16.9 Å². The van der Waals surface area contributed by atoms with Gasteiger partial charge in [-0.15, -0.1) is 0 Å². The molecule has 2 aromatic carbocycles. The maximum atomic E-state index is 15.0. The van der Waals surface area contributed by atoms with Crippen LogP contribution >= 0.6 is 0 Å². The van der Waals surface area contributed by atoms with Crippen LogP contribution in [0.25, 0.3) is 11.1 Å². The van der Waals surface area contributed by atoms with E-state index in [4.69, 9.17) is 4.74 Å². The first-order valence-corrected chi connectivity index (χ1v) is 13.0. The Balaban J connectivity index is 1.35. The van der Waals surface area contributed by atoms with E-state index in [1.165, 1.54) is 88.7 Å². The van der Waals surface area contributed by atoms with Gasteiger partial charge in [0, 0.05) is 11.1 Å². The molecule has 1 saturated carbocycles. The van der Waals surface area contributed by atoms with Crippen molar-refractivity contribution in [2.75, 3.05) is 7.11 Å². The van der Waals surface area contributed by atoms with Gasteiger partial charge < -0.3 is 4.74 Å². The first kappa shape index (κ1) is 24.9. The van der Waals surface area contributed by atoms with Gasteiger partial charge in [-0.3, -0.25) is 0 Å². The number of allylic oxidation sites excluding steroid dienone is 2. The van der Waals surface area contributed by atoms with Gasteiger partial charge in [0.25, 0.3) is 0 Å². The molecule has 4 heteroatoms. The van der Waals surface area contributed by atoms with Crippen LogP contribution in [0, 0.1) is 29.3 Å². The molecule has 0 bridgehead atoms. The van der Waals surface area contributed by atoms with Crippen LogP contribution in [0.3, 0.4) is 0 Å². The fraction of sp³-hybridized carbons (Fsp3) is 0.533. The van der Waals surface area contributed by atoms with Gasteiger partial charge in [0.05, 0.1) is 7.11 Å². The lowest BCUT2D eigenvalue weighted by Crippen LogP contribution is -2.15. The van der Waals surface area contributed by atoms with Crippen LogP contribution in [0.15, 0.2) is 35.9 Å². The molecule has 0 amide bonds. The van der Waals surface area contributed by atoms with Crippen molar-refractivity contribution in [2.45, 2.75) is 84.0 Å². The summed E-state index contributed by atoms with van der Waals surface area (Å²) >= 11 is 0. The molecule has 34 heavy (non-hydrogen) atoms. The maximum absolute atomic E-state index is 15.0. The highest BCUT2D eigenvalue weighted by molar-refractivity contribution is 5.68. The minimum absolute atomic E-state index is 0.0707. The number of rotatable bonds is 9. The fourth-order valence-electron chi connectivity index (χ4n) is 5.76. The summed E-state index contributed by atoms with van der Waals surface area (Å²) in [6, 6.07) is 5.91. The molecule has 2 aliphatic carbocycles. The first-order valence-electron chi connectivity index (χ1n) is 13.0. The Morgan fingerprint density at radius 1 is 0.853 bits per heavy atom. The molecule has 4 rings (SSSR count). The second-order valence-corrected chi connectivity index (χ2v) is 10.2. The molecule has 2 aromatic rings. The Hall–Kier alpha value is -2.23. The molecular formula is C30H37F3O. The summed E-state index contributed by atoms with van der Waals surface area (Å²) in [5, 5.41) is 0. The van der Waals surface area contributed by atoms with E-state index in [9.17, 15) is 13.2 Å². The molecule has 0 unspecified atom stereocenters. The van der Waals surface area contributed by atoms with E-state index in [1.807, 2.05) is 0 Å². The Labute approximate surface area is 202 Å². The third kappa shape index (κ3) is 5.70. The lowest BCUT2D eigenvalue weighted by Gasteiger charge is -2.29. The Morgan fingerprint density at radius 3 is 2.29 bits per heavy atom. The maximum Gasteiger partial charge on any atom is 0.201 e. The van der Waals surface area contributed by atoms with Crippen LogP contribution in [-0.4, -0.2) is 7.11 Å². The van der Waals surface area contributed by atoms with E-state index < -0.39 is 17.5 Å². The second-order valence-electron chi connectivity index (χ2n) is 10.2. The highest BCUT2D eigenvalue weighted by Gasteiger charge is 2.23. The number of hydrogen-bond acceptors (Lipinski definition) is 1. The van der Waals surface area contributed by atoms with Gasteiger partial charge in [0.1, 0.15) is 5.82 Å². The third-order valence-electron chi connectivity index (χ3n) is 7.93. The molecule has 0 radical (unpaired) electrons. The molecular weight excluding hydrogens is 433 g/mol. The summed E-state index contributed by atoms with van der Waals surface area (Å²) < 4.78 is 48.5. The van der Waals surface area contributed by atoms with Gasteiger partial charge in [-0.25, -0.2) is 8.78 Å². The van der Waals surface area contributed by atoms with Crippen molar-refractivity contribution in [1.82, 2.24) is 0 Å². The van der Waals surface area contributed by atoms with Crippen LogP contribution in [0.1, 0.15) is 82.3 Å². The Bertz CT molecular complexity index is 1020. The zero-order valence-corrected chi connectivity index (χ0v) is 20.6. The van der Waals surface area contributed by atoms with Gasteiger partial charge in [-0.1, -0.05) is 69.9 Å². The molecule has 2 aliphatic rings. The van der Waals surface area contributed by atoms with Crippen molar-refractivity contribution in [3.05, 3.63) is 64.5 Å². The molecule has 0 N–H and O–H groups in total. The lowest BCUT2D eigenvalue weighted by atomic mass is 9.77. The number of unbranched alkanes of at least 4 members (excludes halogenated alkanes) is 2. The number of halogens is 3. The van der Waals surface area contributed by atoms with Crippen molar-refractivity contribution < 1.29 is 17.9 Å². The first-order chi connectivity index (χ1) is 16.5. The summed E-state index contributed by atoms with van der Waals surface area (Å²) in [5.74, 6) is -1.11. The Morgan fingerprint density at radius 2 is 1.59 bits per heavy atom. The van der Waals surface area contributed by atoms with Gasteiger partial charge >= 0.3 is 0 Å². The van der Waals surface area contributed by atoms with Crippen LogP contribution in [0.4, 0.5) is 13.2 Å². The molecule has 0 aromatic heterocycles. The summed E-state index contributed by atoms with van der Waals surface area (Å²) in [5.41, 5.74) is 3.37. The van der Waals surface area contributed by atoms with Gasteiger partial charge in [0.15, 0.2) is 11.6 Å².